The predicted molar refractivity (Wildman–Crippen MR) is 166 cm³/mol. The van der Waals surface area contributed by atoms with Crippen molar-refractivity contribution in [3.8, 4) is 0 Å². The first-order chi connectivity index (χ1) is 18.4. The summed E-state index contributed by atoms with van der Waals surface area (Å²) in [5.41, 5.74) is 0. The van der Waals surface area contributed by atoms with Crippen LogP contribution >= 0.6 is 0 Å². The van der Waals surface area contributed by atoms with E-state index in [0.717, 1.165) is 12.8 Å². The number of unbranched alkanes of at least 4 members (excludes halogenated alkanes) is 28. The van der Waals surface area contributed by atoms with E-state index in [4.69, 9.17) is 10.2 Å². The van der Waals surface area contributed by atoms with Crippen molar-refractivity contribution in [1.82, 2.24) is 5.32 Å². The lowest BCUT2D eigenvalue weighted by Crippen LogP contribution is -2.16. The van der Waals surface area contributed by atoms with E-state index in [2.05, 4.69) is 5.32 Å². The van der Waals surface area contributed by atoms with Gasteiger partial charge in [0.15, 0.2) is 0 Å². The monoisotopic (exact) mass is 526 g/mol. The second-order valence-electron chi connectivity index (χ2n) is 11.8. The van der Waals surface area contributed by atoms with Gasteiger partial charge in [-0.05, 0) is 38.8 Å². The van der Waals surface area contributed by atoms with Crippen molar-refractivity contribution in [2.75, 3.05) is 26.3 Å². The maximum absolute atomic E-state index is 8.78. The topological polar surface area (TPSA) is 52.5 Å². The van der Waals surface area contributed by atoms with Crippen molar-refractivity contribution in [3.63, 3.8) is 0 Å². The molecule has 0 radical (unpaired) electrons. The zero-order valence-electron chi connectivity index (χ0n) is 25.4. The Hall–Kier alpha value is -0.120. The summed E-state index contributed by atoms with van der Waals surface area (Å²) in [5.74, 6) is 0. The highest BCUT2D eigenvalue weighted by Crippen LogP contribution is 2.15. The molecule has 0 fully saturated rings. The third-order valence-corrected chi connectivity index (χ3v) is 8.02. The zero-order chi connectivity index (χ0) is 26.7. The Morgan fingerprint density at radius 2 is 0.378 bits per heavy atom. The lowest BCUT2D eigenvalue weighted by atomic mass is 10.0. The summed E-state index contributed by atoms with van der Waals surface area (Å²) < 4.78 is 0. The lowest BCUT2D eigenvalue weighted by molar-refractivity contribution is 0.282. The Labute approximate surface area is 234 Å². The van der Waals surface area contributed by atoms with E-state index < -0.39 is 0 Å². The molecule has 3 nitrogen and oxygen atoms in total. The molecular formula is C34H71NO2. The van der Waals surface area contributed by atoms with Gasteiger partial charge >= 0.3 is 0 Å². The van der Waals surface area contributed by atoms with E-state index in [1.807, 2.05) is 0 Å². The third-order valence-electron chi connectivity index (χ3n) is 8.02. The molecule has 0 unspecified atom stereocenters. The van der Waals surface area contributed by atoms with Crippen LogP contribution in [0.5, 0.6) is 0 Å². The van der Waals surface area contributed by atoms with Crippen molar-refractivity contribution in [1.29, 1.82) is 0 Å². The normalized spacial score (nSPS) is 11.5. The van der Waals surface area contributed by atoms with Crippen LogP contribution in [0.1, 0.15) is 193 Å². The zero-order valence-corrected chi connectivity index (χ0v) is 25.4. The molecule has 0 atom stereocenters. The van der Waals surface area contributed by atoms with Gasteiger partial charge < -0.3 is 15.5 Å². The van der Waals surface area contributed by atoms with Crippen molar-refractivity contribution >= 4 is 0 Å². The van der Waals surface area contributed by atoms with Gasteiger partial charge in [-0.1, -0.05) is 167 Å². The molecule has 0 spiro atoms. The Balaban J connectivity index is 3.00. The van der Waals surface area contributed by atoms with Crippen LogP contribution in [0.4, 0.5) is 0 Å². The summed E-state index contributed by atoms with van der Waals surface area (Å²) in [6, 6.07) is 0. The lowest BCUT2D eigenvalue weighted by Gasteiger charge is -2.06. The van der Waals surface area contributed by atoms with Crippen LogP contribution in [-0.2, 0) is 0 Å². The Bertz CT molecular complexity index is 343. The van der Waals surface area contributed by atoms with Gasteiger partial charge in [-0.25, -0.2) is 0 Å². The van der Waals surface area contributed by atoms with Gasteiger partial charge in [0.25, 0.3) is 0 Å². The first-order valence-corrected chi connectivity index (χ1v) is 17.3. The fourth-order valence-electron chi connectivity index (χ4n) is 5.44. The highest BCUT2D eigenvalue weighted by atomic mass is 16.3. The Kier molecular flexibility index (Phi) is 35.8. The minimum absolute atomic E-state index is 0.363. The molecule has 0 aromatic carbocycles. The molecule has 0 amide bonds. The molecule has 3 heteroatoms. The van der Waals surface area contributed by atoms with Gasteiger partial charge in [-0.2, -0.15) is 0 Å². The van der Waals surface area contributed by atoms with Crippen molar-refractivity contribution in [2.45, 2.75) is 193 Å². The number of aliphatic hydroxyl groups is 2. The van der Waals surface area contributed by atoms with E-state index >= 15 is 0 Å². The molecule has 0 aliphatic rings. The standard InChI is InChI=1S/C34H71NO2/c36-33-29-25-21-17-14-12-10-8-6-4-2-1-3-5-7-9-11-13-15-19-23-27-31-35-32-28-24-20-16-18-22-26-30-34-37/h35-37H,1-34H2. The van der Waals surface area contributed by atoms with Gasteiger partial charge in [0.2, 0.25) is 0 Å². The van der Waals surface area contributed by atoms with Crippen LogP contribution in [0, 0.1) is 0 Å². The second kappa shape index (κ2) is 35.9. The maximum atomic E-state index is 8.78. The van der Waals surface area contributed by atoms with Gasteiger partial charge in [-0.3, -0.25) is 0 Å². The minimum Gasteiger partial charge on any atom is -0.396 e. The minimum atomic E-state index is 0.363. The molecule has 0 saturated heterocycles. The first kappa shape index (κ1) is 36.9. The summed E-state index contributed by atoms with van der Waals surface area (Å²) in [4.78, 5) is 0. The molecule has 0 saturated carbocycles. The largest absolute Gasteiger partial charge is 0.396 e. The molecular weight excluding hydrogens is 454 g/mol. The SMILES string of the molecule is OCCCCCCCCCCCCCCCCCCCCCCCCNCCCCCCCCCCO. The predicted octanol–water partition coefficient (Wildman–Crippen LogP) is 10.3. The average molecular weight is 526 g/mol. The average Bonchev–Trinajstić information content (AvgIpc) is 2.91. The fourth-order valence-corrected chi connectivity index (χ4v) is 5.44. The van der Waals surface area contributed by atoms with Crippen LogP contribution in [0.25, 0.3) is 0 Å². The van der Waals surface area contributed by atoms with Gasteiger partial charge in [0.05, 0.1) is 0 Å². The first-order valence-electron chi connectivity index (χ1n) is 17.3. The smallest absolute Gasteiger partial charge is 0.0431 e. The molecule has 0 aromatic rings. The summed E-state index contributed by atoms with van der Waals surface area (Å²) >= 11 is 0. The van der Waals surface area contributed by atoms with Crippen LogP contribution in [0.2, 0.25) is 0 Å². The molecule has 0 aliphatic heterocycles. The van der Waals surface area contributed by atoms with E-state index in [9.17, 15) is 0 Å². The summed E-state index contributed by atoms with van der Waals surface area (Å²) in [6.45, 7) is 3.16. The van der Waals surface area contributed by atoms with Crippen molar-refractivity contribution < 1.29 is 10.2 Å². The highest BCUT2D eigenvalue weighted by molar-refractivity contribution is 4.54. The van der Waals surface area contributed by atoms with E-state index in [1.54, 1.807) is 0 Å². The maximum Gasteiger partial charge on any atom is 0.0431 e. The molecule has 0 rings (SSSR count). The number of aliphatic hydroxyl groups excluding tert-OH is 2. The summed E-state index contributed by atoms with van der Waals surface area (Å²) in [7, 11) is 0. The number of hydrogen-bond acceptors (Lipinski definition) is 3. The molecule has 0 heterocycles. The number of hydrogen-bond donors (Lipinski definition) is 3. The van der Waals surface area contributed by atoms with Crippen LogP contribution < -0.4 is 5.32 Å². The summed E-state index contributed by atoms with van der Waals surface area (Å²) in [6.07, 6.45) is 41.2. The van der Waals surface area contributed by atoms with E-state index in [-0.39, 0.29) is 0 Å². The van der Waals surface area contributed by atoms with Crippen molar-refractivity contribution in [3.05, 3.63) is 0 Å². The van der Waals surface area contributed by atoms with Crippen LogP contribution in [0.15, 0.2) is 0 Å². The van der Waals surface area contributed by atoms with Crippen LogP contribution in [0.3, 0.4) is 0 Å². The summed E-state index contributed by atoms with van der Waals surface area (Å²) in [5, 5.41) is 21.2. The quantitative estimate of drug-likeness (QED) is 0.0732. The molecule has 224 valence electrons. The molecule has 0 aromatic heterocycles. The number of rotatable bonds is 34. The Morgan fingerprint density at radius 3 is 0.568 bits per heavy atom. The molecule has 3 N–H and O–H groups in total. The molecule has 0 bridgehead atoms. The molecule has 0 aliphatic carbocycles. The Morgan fingerprint density at radius 1 is 0.216 bits per heavy atom. The highest BCUT2D eigenvalue weighted by Gasteiger charge is 1.97. The van der Waals surface area contributed by atoms with Crippen LogP contribution in [-0.4, -0.2) is 36.5 Å². The second-order valence-corrected chi connectivity index (χ2v) is 11.8. The van der Waals surface area contributed by atoms with Gasteiger partial charge in [-0.15, -0.1) is 0 Å². The van der Waals surface area contributed by atoms with Crippen molar-refractivity contribution in [2.24, 2.45) is 0 Å². The fraction of sp³-hybridized carbons (Fsp3) is 1.00. The van der Waals surface area contributed by atoms with Gasteiger partial charge in [0.1, 0.15) is 0 Å². The number of nitrogens with one attached hydrogen (secondary N) is 1. The van der Waals surface area contributed by atoms with Gasteiger partial charge in [0, 0.05) is 13.2 Å². The third kappa shape index (κ3) is 35.9. The molecule has 37 heavy (non-hydrogen) atoms. The van der Waals surface area contributed by atoms with E-state index in [1.165, 1.54) is 193 Å². The van der Waals surface area contributed by atoms with E-state index in [0.29, 0.717) is 13.2 Å².